The molecule has 0 atom stereocenters. The van der Waals surface area contributed by atoms with Gasteiger partial charge in [0.25, 0.3) is 0 Å². The summed E-state index contributed by atoms with van der Waals surface area (Å²) in [6.45, 7) is 6.02. The largest absolute Gasteiger partial charge is 0.417 e. The zero-order valence-electron chi connectivity index (χ0n) is 12.0. The molecule has 1 aliphatic rings. The fourth-order valence-electron chi connectivity index (χ4n) is 2.60. The highest BCUT2D eigenvalue weighted by Gasteiger charge is 2.29. The minimum Gasteiger partial charge on any atom is -0.417 e. The van der Waals surface area contributed by atoms with Gasteiger partial charge in [-0.3, -0.25) is 0 Å². The van der Waals surface area contributed by atoms with Crippen LogP contribution < -0.4 is 9.64 Å². The summed E-state index contributed by atoms with van der Waals surface area (Å²) < 4.78 is 7.08. The van der Waals surface area contributed by atoms with Crippen molar-refractivity contribution in [3.63, 3.8) is 0 Å². The first-order valence-corrected chi connectivity index (χ1v) is 6.71. The molecule has 0 fully saturated rings. The third-order valence-corrected chi connectivity index (χ3v) is 3.49. The van der Waals surface area contributed by atoms with Crippen molar-refractivity contribution in [3.8, 4) is 5.75 Å². The zero-order valence-corrected chi connectivity index (χ0v) is 12.0. The van der Waals surface area contributed by atoms with Crippen molar-refractivity contribution in [1.29, 1.82) is 0 Å². The number of ether oxygens (including phenoxy) is 1. The Bertz CT molecular complexity index is 720. The number of esters is 1. The summed E-state index contributed by atoms with van der Waals surface area (Å²) in [6.07, 6.45) is 3.81. The molecule has 3 rings (SSSR count). The zero-order chi connectivity index (χ0) is 15.0. The van der Waals surface area contributed by atoms with E-state index in [-0.39, 0.29) is 0 Å². The number of hydrogen-bond acceptors (Lipinski definition) is 5. The van der Waals surface area contributed by atoms with Gasteiger partial charge in [-0.1, -0.05) is 12.6 Å². The molecular weight excluding hydrogens is 268 g/mol. The SMILES string of the molecule is C=CC(=O)Oc1c(C)nn(C)c1N1CCc2cccnc21. The van der Waals surface area contributed by atoms with Gasteiger partial charge in [0.1, 0.15) is 11.5 Å². The van der Waals surface area contributed by atoms with E-state index in [1.165, 1.54) is 5.56 Å². The molecule has 0 saturated heterocycles. The minimum atomic E-state index is -0.493. The van der Waals surface area contributed by atoms with Crippen LogP contribution in [0.2, 0.25) is 0 Å². The van der Waals surface area contributed by atoms with Crippen molar-refractivity contribution in [1.82, 2.24) is 14.8 Å². The number of rotatable bonds is 3. The van der Waals surface area contributed by atoms with Gasteiger partial charge in [-0.15, -0.1) is 0 Å². The Balaban J connectivity index is 2.07. The smallest absolute Gasteiger partial charge is 0.335 e. The van der Waals surface area contributed by atoms with Gasteiger partial charge in [-0.25, -0.2) is 14.5 Å². The van der Waals surface area contributed by atoms with Crippen LogP contribution in [0, 0.1) is 6.92 Å². The number of anilines is 2. The predicted octanol–water partition coefficient (Wildman–Crippen LogP) is 1.91. The fraction of sp³-hybridized carbons (Fsp3) is 0.267. The van der Waals surface area contributed by atoms with E-state index in [0.717, 1.165) is 30.7 Å². The van der Waals surface area contributed by atoms with E-state index in [1.807, 2.05) is 24.9 Å². The second-order valence-corrected chi connectivity index (χ2v) is 4.87. The molecule has 6 nitrogen and oxygen atoms in total. The molecule has 0 radical (unpaired) electrons. The van der Waals surface area contributed by atoms with Gasteiger partial charge in [-0.05, 0) is 25.0 Å². The molecule has 2 aromatic heterocycles. The van der Waals surface area contributed by atoms with Gasteiger partial charge in [0.15, 0.2) is 11.6 Å². The maximum Gasteiger partial charge on any atom is 0.335 e. The van der Waals surface area contributed by atoms with E-state index in [0.29, 0.717) is 11.4 Å². The molecule has 0 bridgehead atoms. The first-order chi connectivity index (χ1) is 10.1. The van der Waals surface area contributed by atoms with Crippen molar-refractivity contribution in [2.45, 2.75) is 13.3 Å². The summed E-state index contributed by atoms with van der Waals surface area (Å²) in [7, 11) is 1.83. The molecule has 0 unspecified atom stereocenters. The van der Waals surface area contributed by atoms with E-state index >= 15 is 0 Å². The number of aromatic nitrogens is 3. The van der Waals surface area contributed by atoms with Crippen molar-refractivity contribution >= 4 is 17.6 Å². The van der Waals surface area contributed by atoms with Gasteiger partial charge in [0.2, 0.25) is 0 Å². The lowest BCUT2D eigenvalue weighted by atomic mass is 10.2. The molecule has 0 aliphatic carbocycles. The average Bonchev–Trinajstić information content (AvgIpc) is 3.00. The van der Waals surface area contributed by atoms with Crippen LogP contribution in [0.3, 0.4) is 0 Å². The third kappa shape index (κ3) is 2.18. The van der Waals surface area contributed by atoms with Gasteiger partial charge >= 0.3 is 5.97 Å². The van der Waals surface area contributed by atoms with Crippen LogP contribution in [0.25, 0.3) is 0 Å². The number of nitrogens with zero attached hydrogens (tertiary/aromatic N) is 4. The van der Waals surface area contributed by atoms with Gasteiger partial charge in [0.05, 0.1) is 0 Å². The lowest BCUT2D eigenvalue weighted by Crippen LogP contribution is -2.19. The highest BCUT2D eigenvalue weighted by molar-refractivity contribution is 5.85. The quantitative estimate of drug-likeness (QED) is 0.636. The summed E-state index contributed by atoms with van der Waals surface area (Å²) >= 11 is 0. The number of aryl methyl sites for hydroxylation is 2. The predicted molar refractivity (Wildman–Crippen MR) is 78.7 cm³/mol. The minimum absolute atomic E-state index is 0.459. The van der Waals surface area contributed by atoms with Crippen LogP contribution in [0.1, 0.15) is 11.3 Å². The summed E-state index contributed by atoms with van der Waals surface area (Å²) in [6, 6.07) is 3.98. The Morgan fingerprint density at radius 1 is 1.52 bits per heavy atom. The summed E-state index contributed by atoms with van der Waals surface area (Å²) in [5, 5.41) is 4.35. The lowest BCUT2D eigenvalue weighted by Gasteiger charge is -2.19. The molecule has 2 aromatic rings. The van der Waals surface area contributed by atoms with Crippen LogP contribution in [-0.2, 0) is 18.3 Å². The second kappa shape index (κ2) is 5.05. The Morgan fingerprint density at radius 2 is 2.33 bits per heavy atom. The van der Waals surface area contributed by atoms with Crippen molar-refractivity contribution < 1.29 is 9.53 Å². The monoisotopic (exact) mass is 284 g/mol. The molecule has 108 valence electrons. The maximum absolute atomic E-state index is 11.5. The summed E-state index contributed by atoms with van der Waals surface area (Å²) in [5.74, 6) is 1.59. The van der Waals surface area contributed by atoms with Crippen LogP contribution in [0.4, 0.5) is 11.6 Å². The average molecular weight is 284 g/mol. The van der Waals surface area contributed by atoms with Crippen LogP contribution in [0.15, 0.2) is 31.0 Å². The summed E-state index contributed by atoms with van der Waals surface area (Å²) in [4.78, 5) is 18.0. The first-order valence-electron chi connectivity index (χ1n) is 6.71. The molecule has 0 spiro atoms. The number of hydrogen-bond donors (Lipinski definition) is 0. The maximum atomic E-state index is 11.5. The van der Waals surface area contributed by atoms with E-state index < -0.39 is 5.97 Å². The first kappa shape index (κ1) is 13.4. The Kier molecular flexibility index (Phi) is 3.21. The van der Waals surface area contributed by atoms with Crippen molar-refractivity contribution in [2.24, 2.45) is 7.05 Å². The molecule has 0 N–H and O–H groups in total. The van der Waals surface area contributed by atoms with E-state index in [4.69, 9.17) is 4.74 Å². The molecule has 0 aromatic carbocycles. The molecule has 6 heteroatoms. The number of carbonyl (C=O) groups excluding carboxylic acids is 1. The van der Waals surface area contributed by atoms with Crippen LogP contribution in [0.5, 0.6) is 5.75 Å². The molecule has 1 aliphatic heterocycles. The highest BCUT2D eigenvalue weighted by atomic mass is 16.5. The van der Waals surface area contributed by atoms with Gasteiger partial charge < -0.3 is 9.64 Å². The lowest BCUT2D eigenvalue weighted by molar-refractivity contribution is -0.128. The van der Waals surface area contributed by atoms with Gasteiger partial charge in [0, 0.05) is 25.9 Å². The Hall–Kier alpha value is -2.63. The van der Waals surface area contributed by atoms with E-state index in [9.17, 15) is 4.79 Å². The third-order valence-electron chi connectivity index (χ3n) is 3.49. The topological polar surface area (TPSA) is 60.2 Å². The fourth-order valence-corrected chi connectivity index (χ4v) is 2.60. The molecule has 0 amide bonds. The van der Waals surface area contributed by atoms with E-state index in [2.05, 4.69) is 22.7 Å². The number of carbonyl (C=O) groups is 1. The molecule has 0 saturated carbocycles. The Morgan fingerprint density at radius 3 is 3.10 bits per heavy atom. The molecule has 3 heterocycles. The van der Waals surface area contributed by atoms with Crippen LogP contribution in [-0.4, -0.2) is 27.3 Å². The molecular formula is C15H16N4O2. The van der Waals surface area contributed by atoms with Crippen molar-refractivity contribution in [3.05, 3.63) is 42.2 Å². The highest BCUT2D eigenvalue weighted by Crippen LogP contribution is 2.39. The van der Waals surface area contributed by atoms with Gasteiger partial charge in [-0.2, -0.15) is 5.10 Å². The number of fused-ring (bicyclic) bond motifs is 1. The molecule has 21 heavy (non-hydrogen) atoms. The standard InChI is InChI=1S/C15H16N4O2/c1-4-12(20)21-13-10(2)17-18(3)15(13)19-9-7-11-6-5-8-16-14(11)19/h4-6,8H,1,7,9H2,2-3H3. The van der Waals surface area contributed by atoms with Crippen LogP contribution >= 0.6 is 0 Å². The normalized spacial score (nSPS) is 13.1. The second-order valence-electron chi connectivity index (χ2n) is 4.87. The summed E-state index contributed by atoms with van der Waals surface area (Å²) in [5.41, 5.74) is 1.84. The Labute approximate surface area is 122 Å². The number of pyridine rings is 1. The van der Waals surface area contributed by atoms with E-state index in [1.54, 1.807) is 10.9 Å². The van der Waals surface area contributed by atoms with Crippen molar-refractivity contribution in [2.75, 3.05) is 11.4 Å².